The first kappa shape index (κ1) is 14.4. The van der Waals surface area contributed by atoms with Gasteiger partial charge in [0.25, 0.3) is 0 Å². The first-order valence-electron chi connectivity index (χ1n) is 4.39. The summed E-state index contributed by atoms with van der Waals surface area (Å²) in [5.74, 6) is -0.569. The van der Waals surface area contributed by atoms with Crippen LogP contribution in [0.15, 0.2) is 12.2 Å². The fourth-order valence-electron chi connectivity index (χ4n) is 0.774. The second-order valence-corrected chi connectivity index (χ2v) is 4.97. The summed E-state index contributed by atoms with van der Waals surface area (Å²) in [6.07, 6.45) is 2.36. The number of carboxylic acids is 1. The molecule has 2 unspecified atom stereocenters. The average Bonchev–Trinajstić information content (AvgIpc) is 2.16. The van der Waals surface area contributed by atoms with Crippen LogP contribution in [0.25, 0.3) is 0 Å². The number of amides is 1. The number of thioether (sulfide) groups is 1. The first-order valence-corrected chi connectivity index (χ1v) is 5.96. The summed E-state index contributed by atoms with van der Waals surface area (Å²) < 4.78 is 0. The summed E-state index contributed by atoms with van der Waals surface area (Å²) in [6.45, 7) is 1.91. The molecule has 0 aliphatic rings. The van der Waals surface area contributed by atoms with Gasteiger partial charge < -0.3 is 10.4 Å². The minimum atomic E-state index is -1.05. The molecule has 2 N–H and O–H groups in total. The normalized spacial score (nSPS) is 14.9. The average molecular weight is 249 g/mol. The van der Waals surface area contributed by atoms with E-state index in [0.717, 1.165) is 6.08 Å². The molecule has 2 atom stereocenters. The number of aliphatic carboxylic acids is 1. The van der Waals surface area contributed by atoms with Gasteiger partial charge in [0.05, 0.1) is 0 Å². The SMILES string of the molecule is CNC(=O)C(/C=C/C(=O)O)SCC(C)S. The molecule has 15 heavy (non-hydrogen) atoms. The van der Waals surface area contributed by atoms with E-state index in [-0.39, 0.29) is 11.2 Å². The molecule has 0 saturated heterocycles. The van der Waals surface area contributed by atoms with E-state index in [1.165, 1.54) is 24.9 Å². The molecular formula is C9H15NO3S2. The van der Waals surface area contributed by atoms with Crippen LogP contribution in [0, 0.1) is 0 Å². The van der Waals surface area contributed by atoms with Crippen LogP contribution in [0.4, 0.5) is 0 Å². The van der Waals surface area contributed by atoms with E-state index >= 15 is 0 Å². The van der Waals surface area contributed by atoms with Gasteiger partial charge in [0, 0.05) is 24.1 Å². The lowest BCUT2D eigenvalue weighted by molar-refractivity contribution is -0.131. The lowest BCUT2D eigenvalue weighted by Crippen LogP contribution is -2.29. The quantitative estimate of drug-likeness (QED) is 0.481. The molecule has 0 aliphatic carbocycles. The third-order valence-corrected chi connectivity index (χ3v) is 3.29. The summed E-state index contributed by atoms with van der Waals surface area (Å²) in [4.78, 5) is 21.6. The van der Waals surface area contributed by atoms with Crippen molar-refractivity contribution in [3.8, 4) is 0 Å². The van der Waals surface area contributed by atoms with Crippen LogP contribution >= 0.6 is 24.4 Å². The van der Waals surface area contributed by atoms with Crippen molar-refractivity contribution in [2.24, 2.45) is 0 Å². The molecule has 0 saturated carbocycles. The van der Waals surface area contributed by atoms with Gasteiger partial charge in [-0.3, -0.25) is 4.79 Å². The van der Waals surface area contributed by atoms with E-state index in [2.05, 4.69) is 17.9 Å². The highest BCUT2D eigenvalue weighted by molar-refractivity contribution is 8.01. The van der Waals surface area contributed by atoms with Crippen LogP contribution in [0.1, 0.15) is 6.92 Å². The maximum absolute atomic E-state index is 11.3. The predicted octanol–water partition coefficient (Wildman–Crippen LogP) is 0.793. The van der Waals surface area contributed by atoms with Crippen molar-refractivity contribution in [2.75, 3.05) is 12.8 Å². The Morgan fingerprint density at radius 2 is 2.20 bits per heavy atom. The van der Waals surface area contributed by atoms with Gasteiger partial charge in [-0.25, -0.2) is 4.79 Å². The molecule has 0 aliphatic heterocycles. The molecule has 0 aromatic heterocycles. The fourth-order valence-corrected chi connectivity index (χ4v) is 1.98. The van der Waals surface area contributed by atoms with E-state index in [9.17, 15) is 9.59 Å². The van der Waals surface area contributed by atoms with Crippen molar-refractivity contribution < 1.29 is 14.7 Å². The zero-order chi connectivity index (χ0) is 11.8. The van der Waals surface area contributed by atoms with Crippen molar-refractivity contribution in [3.63, 3.8) is 0 Å². The Morgan fingerprint density at radius 3 is 2.60 bits per heavy atom. The van der Waals surface area contributed by atoms with Gasteiger partial charge in [-0.15, -0.1) is 11.8 Å². The highest BCUT2D eigenvalue weighted by atomic mass is 32.2. The molecule has 0 aromatic rings. The lowest BCUT2D eigenvalue weighted by Gasteiger charge is -2.11. The van der Waals surface area contributed by atoms with Crippen LogP contribution in [0.2, 0.25) is 0 Å². The second-order valence-electron chi connectivity index (χ2n) is 2.91. The largest absolute Gasteiger partial charge is 0.478 e. The Labute approximate surface area is 98.9 Å². The van der Waals surface area contributed by atoms with Crippen LogP contribution in [-0.2, 0) is 9.59 Å². The maximum atomic E-state index is 11.3. The van der Waals surface area contributed by atoms with Crippen molar-refractivity contribution in [1.29, 1.82) is 0 Å². The molecule has 0 spiro atoms. The molecule has 0 heterocycles. The molecule has 4 nitrogen and oxygen atoms in total. The van der Waals surface area contributed by atoms with Gasteiger partial charge in [-0.2, -0.15) is 12.6 Å². The van der Waals surface area contributed by atoms with Crippen LogP contribution in [-0.4, -0.2) is 40.3 Å². The first-order chi connectivity index (χ1) is 6.97. The molecule has 86 valence electrons. The summed E-state index contributed by atoms with van der Waals surface area (Å²) in [7, 11) is 1.52. The smallest absolute Gasteiger partial charge is 0.328 e. The summed E-state index contributed by atoms with van der Waals surface area (Å²) >= 11 is 5.55. The van der Waals surface area contributed by atoms with Crippen molar-refractivity contribution in [3.05, 3.63) is 12.2 Å². The molecule has 0 rings (SSSR count). The van der Waals surface area contributed by atoms with Crippen LogP contribution in [0.5, 0.6) is 0 Å². The number of rotatable bonds is 6. The summed E-state index contributed by atoms with van der Waals surface area (Å²) in [5, 5.41) is 10.6. The molecule has 0 aromatic carbocycles. The number of carbonyl (C=O) groups excluding carboxylic acids is 1. The molecule has 6 heteroatoms. The standard InChI is InChI=1S/C9H15NO3S2/c1-6(14)5-15-7(9(13)10-2)3-4-8(11)12/h3-4,6-7,14H,5H2,1-2H3,(H,10,13)(H,11,12)/b4-3+. The monoisotopic (exact) mass is 249 g/mol. The Hall–Kier alpha value is -0.620. The van der Waals surface area contributed by atoms with E-state index < -0.39 is 11.2 Å². The van der Waals surface area contributed by atoms with E-state index in [1.54, 1.807) is 0 Å². The zero-order valence-electron chi connectivity index (χ0n) is 8.64. The van der Waals surface area contributed by atoms with Crippen molar-refractivity contribution >= 4 is 36.3 Å². The summed E-state index contributed by atoms with van der Waals surface area (Å²) in [5.41, 5.74) is 0. The summed E-state index contributed by atoms with van der Waals surface area (Å²) in [6, 6.07) is 0. The molecule has 0 bridgehead atoms. The number of carboxylic acid groups (broad SMARTS) is 1. The van der Waals surface area contributed by atoms with Gasteiger partial charge in [0.1, 0.15) is 5.25 Å². The Balaban J connectivity index is 4.31. The topological polar surface area (TPSA) is 66.4 Å². The number of carbonyl (C=O) groups is 2. The number of hydrogen-bond donors (Lipinski definition) is 3. The zero-order valence-corrected chi connectivity index (χ0v) is 10.3. The second kappa shape index (κ2) is 7.64. The third-order valence-electron chi connectivity index (χ3n) is 1.44. The molecular weight excluding hydrogens is 234 g/mol. The van der Waals surface area contributed by atoms with Crippen molar-refractivity contribution in [1.82, 2.24) is 5.32 Å². The Kier molecular flexibility index (Phi) is 7.33. The highest BCUT2D eigenvalue weighted by Crippen LogP contribution is 2.16. The Bertz CT molecular complexity index is 254. The molecule has 0 radical (unpaired) electrons. The minimum absolute atomic E-state index is 0.167. The van der Waals surface area contributed by atoms with Gasteiger partial charge in [-0.1, -0.05) is 13.0 Å². The van der Waals surface area contributed by atoms with E-state index in [1.807, 2.05) is 6.92 Å². The highest BCUT2D eigenvalue weighted by Gasteiger charge is 2.15. The predicted molar refractivity (Wildman–Crippen MR) is 65.5 cm³/mol. The van der Waals surface area contributed by atoms with Gasteiger partial charge in [0.15, 0.2) is 0 Å². The van der Waals surface area contributed by atoms with Crippen molar-refractivity contribution in [2.45, 2.75) is 17.4 Å². The van der Waals surface area contributed by atoms with Gasteiger partial charge >= 0.3 is 5.97 Å². The molecule has 0 fully saturated rings. The number of thiol groups is 1. The van der Waals surface area contributed by atoms with Crippen LogP contribution < -0.4 is 5.32 Å². The van der Waals surface area contributed by atoms with E-state index in [4.69, 9.17) is 5.11 Å². The minimum Gasteiger partial charge on any atom is -0.478 e. The van der Waals surface area contributed by atoms with Gasteiger partial charge in [0.2, 0.25) is 5.91 Å². The van der Waals surface area contributed by atoms with Crippen LogP contribution in [0.3, 0.4) is 0 Å². The maximum Gasteiger partial charge on any atom is 0.328 e. The third kappa shape index (κ3) is 7.33. The molecule has 1 amide bonds. The lowest BCUT2D eigenvalue weighted by atomic mass is 10.3. The Morgan fingerprint density at radius 1 is 1.60 bits per heavy atom. The number of hydrogen-bond acceptors (Lipinski definition) is 4. The van der Waals surface area contributed by atoms with Gasteiger partial charge in [-0.05, 0) is 0 Å². The number of nitrogens with one attached hydrogen (secondary N) is 1. The fraction of sp³-hybridized carbons (Fsp3) is 0.556. The van der Waals surface area contributed by atoms with E-state index in [0.29, 0.717) is 5.75 Å².